The van der Waals surface area contributed by atoms with Crippen LogP contribution in [-0.4, -0.2) is 9.78 Å². The topological polar surface area (TPSA) is 55.9 Å². The number of hydrogen-bond acceptors (Lipinski definition) is 3. The molecule has 2 rings (SSSR count). The first-order valence-electron chi connectivity index (χ1n) is 5.46. The fourth-order valence-corrected chi connectivity index (χ4v) is 1.55. The van der Waals surface area contributed by atoms with Crippen molar-refractivity contribution in [2.24, 2.45) is 0 Å². The average Bonchev–Trinajstić information content (AvgIpc) is 2.73. The minimum Gasteiger partial charge on any atom is -0.397 e. The molecule has 0 fully saturated rings. The minimum atomic E-state index is -0.299. The molecule has 0 bridgehead atoms. The highest BCUT2D eigenvalue weighted by Gasteiger charge is 2.06. The normalized spacial score (nSPS) is 10.5. The number of hydrogen-bond donors (Lipinski definition) is 2. The van der Waals surface area contributed by atoms with Crippen LogP contribution in [0.5, 0.6) is 0 Å². The monoisotopic (exact) mass is 234 g/mol. The van der Waals surface area contributed by atoms with Crippen LogP contribution in [0.2, 0.25) is 0 Å². The van der Waals surface area contributed by atoms with Crippen molar-refractivity contribution in [3.63, 3.8) is 0 Å². The lowest BCUT2D eigenvalue weighted by Crippen LogP contribution is -2.00. The summed E-state index contributed by atoms with van der Waals surface area (Å²) in [6.45, 7) is 4.51. The summed E-state index contributed by atoms with van der Waals surface area (Å²) in [5.74, 6) is 0.400. The molecule has 0 amide bonds. The third-order valence-corrected chi connectivity index (χ3v) is 2.56. The van der Waals surface area contributed by atoms with Crippen LogP contribution in [0.4, 0.5) is 21.6 Å². The van der Waals surface area contributed by atoms with E-state index in [0.717, 1.165) is 6.54 Å². The largest absolute Gasteiger partial charge is 0.397 e. The lowest BCUT2D eigenvalue weighted by atomic mass is 10.2. The number of aryl methyl sites for hydroxylation is 2. The number of nitrogens with two attached hydrogens (primary N) is 1. The second-order valence-corrected chi connectivity index (χ2v) is 3.87. The van der Waals surface area contributed by atoms with Gasteiger partial charge in [0.05, 0.1) is 11.4 Å². The predicted octanol–water partition coefficient (Wildman–Crippen LogP) is 2.68. The second-order valence-electron chi connectivity index (χ2n) is 3.87. The van der Waals surface area contributed by atoms with E-state index in [-0.39, 0.29) is 5.82 Å². The maximum absolute atomic E-state index is 13.2. The summed E-state index contributed by atoms with van der Waals surface area (Å²) in [6, 6.07) is 4.84. The van der Waals surface area contributed by atoms with Gasteiger partial charge in [0.25, 0.3) is 0 Å². The van der Waals surface area contributed by atoms with E-state index in [2.05, 4.69) is 10.4 Å². The lowest BCUT2D eigenvalue weighted by Gasteiger charge is -2.08. The number of benzene rings is 1. The predicted molar refractivity (Wildman–Crippen MR) is 66.7 cm³/mol. The highest BCUT2D eigenvalue weighted by atomic mass is 19.1. The summed E-state index contributed by atoms with van der Waals surface area (Å²) in [4.78, 5) is 0. The van der Waals surface area contributed by atoms with E-state index in [0.29, 0.717) is 22.8 Å². The molecule has 5 heteroatoms. The van der Waals surface area contributed by atoms with E-state index in [9.17, 15) is 4.39 Å². The van der Waals surface area contributed by atoms with E-state index >= 15 is 0 Å². The van der Waals surface area contributed by atoms with Gasteiger partial charge in [-0.3, -0.25) is 4.68 Å². The van der Waals surface area contributed by atoms with Gasteiger partial charge in [-0.2, -0.15) is 5.10 Å². The zero-order valence-electron chi connectivity index (χ0n) is 9.87. The van der Waals surface area contributed by atoms with Crippen LogP contribution in [0.25, 0.3) is 0 Å². The first-order valence-corrected chi connectivity index (χ1v) is 5.46. The van der Waals surface area contributed by atoms with Crippen molar-refractivity contribution in [3.8, 4) is 0 Å². The Morgan fingerprint density at radius 3 is 2.88 bits per heavy atom. The molecule has 0 unspecified atom stereocenters. The molecule has 0 aliphatic heterocycles. The van der Waals surface area contributed by atoms with Crippen molar-refractivity contribution in [1.29, 1.82) is 0 Å². The van der Waals surface area contributed by atoms with Gasteiger partial charge in [0.1, 0.15) is 5.82 Å². The number of aromatic nitrogens is 2. The second kappa shape index (κ2) is 4.45. The fourth-order valence-electron chi connectivity index (χ4n) is 1.55. The molecule has 0 saturated heterocycles. The number of nitrogens with one attached hydrogen (secondary N) is 1. The Kier molecular flexibility index (Phi) is 2.99. The molecule has 1 aromatic heterocycles. The Morgan fingerprint density at radius 1 is 1.47 bits per heavy atom. The number of nitrogen functional groups attached to an aromatic ring is 1. The molecule has 4 nitrogen and oxygen atoms in total. The summed E-state index contributed by atoms with van der Waals surface area (Å²) in [5.41, 5.74) is 7.34. The van der Waals surface area contributed by atoms with E-state index in [1.54, 1.807) is 17.7 Å². The molecule has 0 radical (unpaired) electrons. The van der Waals surface area contributed by atoms with Crippen molar-refractivity contribution in [3.05, 3.63) is 35.8 Å². The molecule has 17 heavy (non-hydrogen) atoms. The zero-order chi connectivity index (χ0) is 12.4. The van der Waals surface area contributed by atoms with Gasteiger partial charge in [0.2, 0.25) is 0 Å². The Hall–Kier alpha value is -2.04. The van der Waals surface area contributed by atoms with Crippen LogP contribution in [0, 0.1) is 12.7 Å². The summed E-state index contributed by atoms with van der Waals surface area (Å²) < 4.78 is 15.0. The third kappa shape index (κ3) is 2.38. The fraction of sp³-hybridized carbons (Fsp3) is 0.250. The SMILES string of the molecule is CCn1ccc(Nc2cc(C)c(F)cc2N)n1. The molecule has 0 aliphatic carbocycles. The van der Waals surface area contributed by atoms with Gasteiger partial charge in [0.15, 0.2) is 5.82 Å². The maximum atomic E-state index is 13.2. The molecule has 1 heterocycles. The van der Waals surface area contributed by atoms with Gasteiger partial charge >= 0.3 is 0 Å². The first kappa shape index (κ1) is 11.4. The van der Waals surface area contributed by atoms with Crippen LogP contribution in [0.3, 0.4) is 0 Å². The Balaban J connectivity index is 2.26. The molecule has 0 atom stereocenters. The van der Waals surface area contributed by atoms with Crippen molar-refractivity contribution in [1.82, 2.24) is 9.78 Å². The number of nitrogens with zero attached hydrogens (tertiary/aromatic N) is 2. The molecule has 2 aromatic rings. The van der Waals surface area contributed by atoms with Gasteiger partial charge in [0, 0.05) is 18.8 Å². The first-order chi connectivity index (χ1) is 8.10. The average molecular weight is 234 g/mol. The number of rotatable bonds is 3. The third-order valence-electron chi connectivity index (χ3n) is 2.56. The van der Waals surface area contributed by atoms with E-state index in [1.165, 1.54) is 6.07 Å². The molecule has 3 N–H and O–H groups in total. The Labute approximate surface area is 99.2 Å². The van der Waals surface area contributed by atoms with Crippen molar-refractivity contribution >= 4 is 17.2 Å². The lowest BCUT2D eigenvalue weighted by molar-refractivity contribution is 0.619. The molecule has 90 valence electrons. The maximum Gasteiger partial charge on any atom is 0.152 e. The highest BCUT2D eigenvalue weighted by molar-refractivity contribution is 5.72. The molecular formula is C12H15FN4. The number of anilines is 3. The molecule has 0 aliphatic rings. The van der Waals surface area contributed by atoms with Gasteiger partial charge in [-0.25, -0.2) is 4.39 Å². The minimum absolute atomic E-state index is 0.299. The standard InChI is InChI=1S/C12H15FN4/c1-3-17-5-4-12(16-17)15-11-6-8(2)9(13)7-10(11)14/h4-7H,3,14H2,1-2H3,(H,15,16). The zero-order valence-corrected chi connectivity index (χ0v) is 9.87. The van der Waals surface area contributed by atoms with Crippen LogP contribution in [-0.2, 0) is 6.54 Å². The molecule has 0 saturated carbocycles. The van der Waals surface area contributed by atoms with E-state index in [4.69, 9.17) is 5.73 Å². The van der Waals surface area contributed by atoms with Gasteiger partial charge in [-0.15, -0.1) is 0 Å². The van der Waals surface area contributed by atoms with Gasteiger partial charge in [-0.05, 0) is 31.5 Å². The quantitative estimate of drug-likeness (QED) is 0.803. The van der Waals surface area contributed by atoms with Crippen molar-refractivity contribution in [2.45, 2.75) is 20.4 Å². The highest BCUT2D eigenvalue weighted by Crippen LogP contribution is 2.25. The molecular weight excluding hydrogens is 219 g/mol. The summed E-state index contributed by atoms with van der Waals surface area (Å²) in [5, 5.41) is 7.34. The Bertz CT molecular complexity index is 533. The van der Waals surface area contributed by atoms with E-state index < -0.39 is 0 Å². The summed E-state index contributed by atoms with van der Waals surface area (Å²) in [6.07, 6.45) is 1.87. The smallest absolute Gasteiger partial charge is 0.152 e. The molecule has 0 spiro atoms. The van der Waals surface area contributed by atoms with Gasteiger partial charge in [-0.1, -0.05) is 0 Å². The van der Waals surface area contributed by atoms with Gasteiger partial charge < -0.3 is 11.1 Å². The number of halogens is 1. The molecule has 1 aromatic carbocycles. The van der Waals surface area contributed by atoms with Crippen molar-refractivity contribution in [2.75, 3.05) is 11.1 Å². The van der Waals surface area contributed by atoms with Crippen LogP contribution >= 0.6 is 0 Å². The Morgan fingerprint density at radius 2 is 2.24 bits per heavy atom. The van der Waals surface area contributed by atoms with Crippen LogP contribution in [0.1, 0.15) is 12.5 Å². The van der Waals surface area contributed by atoms with Crippen molar-refractivity contribution < 1.29 is 4.39 Å². The van der Waals surface area contributed by atoms with Crippen LogP contribution in [0.15, 0.2) is 24.4 Å². The van der Waals surface area contributed by atoms with E-state index in [1.807, 2.05) is 19.2 Å². The van der Waals surface area contributed by atoms with Crippen LogP contribution < -0.4 is 11.1 Å². The summed E-state index contributed by atoms with van der Waals surface area (Å²) in [7, 11) is 0. The summed E-state index contributed by atoms with van der Waals surface area (Å²) >= 11 is 0.